The molecule has 5 nitrogen and oxygen atoms in total. The molecule has 0 atom stereocenters. The number of carbonyl (C=O) groups excluding carboxylic acids is 1. The fourth-order valence-corrected chi connectivity index (χ4v) is 2.42. The summed E-state index contributed by atoms with van der Waals surface area (Å²) < 4.78 is 29.2. The van der Waals surface area contributed by atoms with Crippen LogP contribution in [0.3, 0.4) is 0 Å². The molecule has 128 valence electrons. The number of methoxy groups -OCH3 is 3. The maximum absolute atomic E-state index is 13.8. The molecule has 24 heavy (non-hydrogen) atoms. The van der Waals surface area contributed by atoms with Crippen molar-refractivity contribution in [1.29, 1.82) is 0 Å². The minimum Gasteiger partial charge on any atom is -0.494 e. The number of carbonyl (C=O) groups is 1. The number of hydrogen-bond acceptors (Lipinski definition) is 4. The molecule has 2 rings (SSSR count). The molecule has 0 aromatic heterocycles. The van der Waals surface area contributed by atoms with Crippen molar-refractivity contribution in [2.75, 3.05) is 28.4 Å². The largest absolute Gasteiger partial charge is 0.494 e. The normalized spacial score (nSPS) is 10.2. The Bertz CT molecular complexity index is 733. The molecule has 0 radical (unpaired) electrons. The second-order valence-electron chi connectivity index (χ2n) is 5.17. The van der Waals surface area contributed by atoms with Crippen molar-refractivity contribution in [1.82, 2.24) is 4.90 Å². The summed E-state index contributed by atoms with van der Waals surface area (Å²) >= 11 is 0. The van der Waals surface area contributed by atoms with E-state index in [0.29, 0.717) is 22.6 Å². The highest BCUT2D eigenvalue weighted by Crippen LogP contribution is 2.31. The molecule has 0 unspecified atom stereocenters. The minimum absolute atomic E-state index is 0.169. The van der Waals surface area contributed by atoms with Crippen LogP contribution in [0.1, 0.15) is 15.9 Å². The van der Waals surface area contributed by atoms with E-state index in [9.17, 15) is 9.18 Å². The molecule has 2 aromatic rings. The first kappa shape index (κ1) is 17.6. The molecule has 2 aromatic carbocycles. The Morgan fingerprint density at radius 2 is 1.75 bits per heavy atom. The highest BCUT2D eigenvalue weighted by Gasteiger charge is 2.20. The van der Waals surface area contributed by atoms with Crippen molar-refractivity contribution in [3.8, 4) is 17.2 Å². The number of para-hydroxylation sites is 1. The number of rotatable bonds is 6. The second-order valence-corrected chi connectivity index (χ2v) is 5.17. The molecular formula is C18H20FNO4. The lowest BCUT2D eigenvalue weighted by molar-refractivity contribution is 0.0781. The van der Waals surface area contributed by atoms with E-state index in [4.69, 9.17) is 14.2 Å². The molecule has 1 amide bonds. The number of ether oxygens (including phenoxy) is 3. The van der Waals surface area contributed by atoms with Crippen LogP contribution < -0.4 is 14.2 Å². The van der Waals surface area contributed by atoms with Crippen LogP contribution in [0, 0.1) is 5.82 Å². The van der Waals surface area contributed by atoms with E-state index in [1.54, 1.807) is 31.3 Å². The standard InChI is InChI=1S/C18H20FNO4/c1-20(11-12-8-9-15(22-2)14(19)10-12)18(21)13-6-5-7-16(23-3)17(13)24-4/h5-10H,11H2,1-4H3. The Balaban J connectivity index is 2.22. The average Bonchev–Trinajstić information content (AvgIpc) is 2.60. The first-order valence-corrected chi connectivity index (χ1v) is 7.30. The molecule has 0 aliphatic carbocycles. The van der Waals surface area contributed by atoms with Crippen molar-refractivity contribution in [3.63, 3.8) is 0 Å². The van der Waals surface area contributed by atoms with E-state index in [0.717, 1.165) is 0 Å². The number of nitrogens with zero attached hydrogens (tertiary/aromatic N) is 1. The fourth-order valence-electron chi connectivity index (χ4n) is 2.42. The summed E-state index contributed by atoms with van der Waals surface area (Å²) in [6.07, 6.45) is 0. The minimum atomic E-state index is -0.463. The third-order valence-electron chi connectivity index (χ3n) is 3.62. The maximum atomic E-state index is 13.8. The van der Waals surface area contributed by atoms with E-state index >= 15 is 0 Å². The van der Waals surface area contributed by atoms with Gasteiger partial charge in [-0.1, -0.05) is 12.1 Å². The van der Waals surface area contributed by atoms with Gasteiger partial charge in [-0.15, -0.1) is 0 Å². The summed E-state index contributed by atoms with van der Waals surface area (Å²) in [5, 5.41) is 0. The number of amides is 1. The Kier molecular flexibility index (Phi) is 5.63. The van der Waals surface area contributed by atoms with Gasteiger partial charge in [0.25, 0.3) is 5.91 Å². The van der Waals surface area contributed by atoms with Gasteiger partial charge in [-0.05, 0) is 29.8 Å². The Labute approximate surface area is 140 Å². The van der Waals surface area contributed by atoms with Crippen LogP contribution >= 0.6 is 0 Å². The zero-order valence-corrected chi connectivity index (χ0v) is 14.1. The van der Waals surface area contributed by atoms with Gasteiger partial charge in [0.15, 0.2) is 23.1 Å². The third-order valence-corrected chi connectivity index (χ3v) is 3.62. The summed E-state index contributed by atoms with van der Waals surface area (Å²) in [5.74, 6) is 0.309. The molecule has 0 saturated carbocycles. The van der Waals surface area contributed by atoms with Gasteiger partial charge >= 0.3 is 0 Å². The highest BCUT2D eigenvalue weighted by molar-refractivity contribution is 5.97. The summed E-state index contributed by atoms with van der Waals surface area (Å²) in [7, 11) is 6.04. The third kappa shape index (κ3) is 3.59. The van der Waals surface area contributed by atoms with Gasteiger partial charge in [0, 0.05) is 13.6 Å². The van der Waals surface area contributed by atoms with Crippen molar-refractivity contribution >= 4 is 5.91 Å². The summed E-state index contributed by atoms with van der Waals surface area (Å²) in [6, 6.07) is 9.70. The van der Waals surface area contributed by atoms with Crippen LogP contribution in [-0.4, -0.2) is 39.2 Å². The van der Waals surface area contributed by atoms with Gasteiger partial charge in [0.1, 0.15) is 0 Å². The molecule has 0 saturated heterocycles. The predicted molar refractivity (Wildman–Crippen MR) is 88.3 cm³/mol. The summed E-state index contributed by atoms with van der Waals surface area (Å²) in [4.78, 5) is 14.2. The average molecular weight is 333 g/mol. The van der Waals surface area contributed by atoms with Gasteiger partial charge in [0.05, 0.1) is 26.9 Å². The monoisotopic (exact) mass is 333 g/mol. The van der Waals surface area contributed by atoms with Crippen LogP contribution in [0.15, 0.2) is 36.4 Å². The molecule has 0 spiro atoms. The number of halogens is 1. The Morgan fingerprint density at radius 1 is 1.04 bits per heavy atom. The molecule has 0 aliphatic rings. The van der Waals surface area contributed by atoms with E-state index in [1.807, 2.05) is 0 Å². The first-order valence-electron chi connectivity index (χ1n) is 7.30. The Morgan fingerprint density at radius 3 is 2.33 bits per heavy atom. The lowest BCUT2D eigenvalue weighted by Gasteiger charge is -2.20. The maximum Gasteiger partial charge on any atom is 0.257 e. The fraction of sp³-hybridized carbons (Fsp3) is 0.278. The topological polar surface area (TPSA) is 48.0 Å². The van der Waals surface area contributed by atoms with Gasteiger partial charge in [-0.2, -0.15) is 0 Å². The summed E-state index contributed by atoms with van der Waals surface area (Å²) in [5.41, 5.74) is 1.04. The smallest absolute Gasteiger partial charge is 0.257 e. The molecule has 0 N–H and O–H groups in total. The molecule has 6 heteroatoms. The lowest BCUT2D eigenvalue weighted by atomic mass is 10.1. The first-order chi connectivity index (χ1) is 11.5. The molecule has 0 aliphatic heterocycles. The predicted octanol–water partition coefficient (Wildman–Crippen LogP) is 3.12. The second kappa shape index (κ2) is 7.68. The van der Waals surface area contributed by atoms with Crippen LogP contribution in [0.2, 0.25) is 0 Å². The Hall–Kier alpha value is -2.76. The number of hydrogen-bond donors (Lipinski definition) is 0. The van der Waals surface area contributed by atoms with Crippen molar-refractivity contribution in [3.05, 3.63) is 53.3 Å². The van der Waals surface area contributed by atoms with E-state index in [1.165, 1.54) is 38.4 Å². The molecule has 0 fully saturated rings. The molecule has 0 heterocycles. The van der Waals surface area contributed by atoms with Gasteiger partial charge in [-0.25, -0.2) is 4.39 Å². The SMILES string of the molecule is COc1ccc(CN(C)C(=O)c2cccc(OC)c2OC)cc1F. The van der Waals surface area contributed by atoms with Crippen LogP contribution in [0.5, 0.6) is 17.2 Å². The van der Waals surface area contributed by atoms with E-state index in [2.05, 4.69) is 0 Å². The molecule has 0 bridgehead atoms. The van der Waals surface area contributed by atoms with Crippen LogP contribution in [0.4, 0.5) is 4.39 Å². The van der Waals surface area contributed by atoms with E-state index in [-0.39, 0.29) is 18.2 Å². The van der Waals surface area contributed by atoms with Crippen molar-refractivity contribution in [2.24, 2.45) is 0 Å². The summed E-state index contributed by atoms with van der Waals surface area (Å²) in [6.45, 7) is 0.250. The lowest BCUT2D eigenvalue weighted by Crippen LogP contribution is -2.26. The van der Waals surface area contributed by atoms with Gasteiger partial charge in [0.2, 0.25) is 0 Å². The highest BCUT2D eigenvalue weighted by atomic mass is 19.1. The van der Waals surface area contributed by atoms with Crippen molar-refractivity contribution in [2.45, 2.75) is 6.54 Å². The molecular weight excluding hydrogens is 313 g/mol. The van der Waals surface area contributed by atoms with Crippen LogP contribution in [-0.2, 0) is 6.54 Å². The quantitative estimate of drug-likeness (QED) is 0.815. The number of benzene rings is 2. The van der Waals surface area contributed by atoms with Gasteiger partial charge < -0.3 is 19.1 Å². The van der Waals surface area contributed by atoms with Gasteiger partial charge in [-0.3, -0.25) is 4.79 Å². The zero-order valence-electron chi connectivity index (χ0n) is 14.1. The van der Waals surface area contributed by atoms with Crippen LogP contribution in [0.25, 0.3) is 0 Å². The van der Waals surface area contributed by atoms with E-state index < -0.39 is 5.82 Å². The zero-order chi connectivity index (χ0) is 17.7. The van der Waals surface area contributed by atoms with Crippen molar-refractivity contribution < 1.29 is 23.4 Å².